The summed E-state index contributed by atoms with van der Waals surface area (Å²) >= 11 is 0. The lowest BCUT2D eigenvalue weighted by molar-refractivity contribution is 0.0734. The van der Waals surface area contributed by atoms with Gasteiger partial charge in [0.2, 0.25) is 5.88 Å². The van der Waals surface area contributed by atoms with E-state index in [1.54, 1.807) is 24.3 Å². The lowest BCUT2D eigenvalue weighted by atomic mass is 9.81. The lowest BCUT2D eigenvalue weighted by Gasteiger charge is -2.27. The summed E-state index contributed by atoms with van der Waals surface area (Å²) in [7, 11) is 0. The third-order valence-electron chi connectivity index (χ3n) is 5.80. The quantitative estimate of drug-likeness (QED) is 0.417. The van der Waals surface area contributed by atoms with Crippen LogP contribution in [-0.4, -0.2) is 5.97 Å². The summed E-state index contributed by atoms with van der Waals surface area (Å²) in [5.41, 5.74) is 10.9. The van der Waals surface area contributed by atoms with Gasteiger partial charge in [-0.05, 0) is 41.7 Å². The fraction of sp³-hybridized carbons (Fsp3) is 0.214. The van der Waals surface area contributed by atoms with E-state index in [-0.39, 0.29) is 17.2 Å². The minimum atomic E-state index is -0.457. The Balaban J connectivity index is 1.67. The number of allylic oxidation sites excluding steroid dienone is 1. The summed E-state index contributed by atoms with van der Waals surface area (Å²) in [5, 5.41) is 9.78. The first-order valence-corrected chi connectivity index (χ1v) is 10.8. The molecule has 2 N–H and O–H groups in total. The number of esters is 1. The summed E-state index contributed by atoms with van der Waals surface area (Å²) in [6.07, 6.45) is 0. The van der Waals surface area contributed by atoms with Crippen LogP contribution in [0.25, 0.3) is 0 Å². The number of fused-ring (bicyclic) bond motifs is 1. The number of aryl methyl sites for hydroxylation is 1. The molecule has 166 valence electrons. The van der Waals surface area contributed by atoms with Crippen LogP contribution in [0.1, 0.15) is 59.3 Å². The van der Waals surface area contributed by atoms with Crippen LogP contribution in [0, 0.1) is 18.3 Å². The fourth-order valence-corrected chi connectivity index (χ4v) is 3.87. The number of rotatable bonds is 3. The van der Waals surface area contributed by atoms with Gasteiger partial charge in [-0.15, -0.1) is 0 Å². The Morgan fingerprint density at radius 1 is 1.03 bits per heavy atom. The highest BCUT2D eigenvalue weighted by Crippen LogP contribution is 2.43. The maximum absolute atomic E-state index is 12.5. The Morgan fingerprint density at radius 3 is 2.30 bits per heavy atom. The molecule has 0 amide bonds. The summed E-state index contributed by atoms with van der Waals surface area (Å²) in [6, 6.07) is 22.7. The second-order valence-electron chi connectivity index (χ2n) is 9.25. The first-order valence-electron chi connectivity index (χ1n) is 10.8. The van der Waals surface area contributed by atoms with Gasteiger partial charge >= 0.3 is 5.97 Å². The molecule has 5 nitrogen and oxygen atoms in total. The van der Waals surface area contributed by atoms with Gasteiger partial charge in [-0.1, -0.05) is 68.8 Å². The van der Waals surface area contributed by atoms with Gasteiger partial charge in [0.1, 0.15) is 23.1 Å². The minimum absolute atomic E-state index is 0.0231. The Morgan fingerprint density at radius 2 is 1.70 bits per heavy atom. The maximum atomic E-state index is 12.5. The average molecular weight is 439 g/mol. The van der Waals surface area contributed by atoms with Crippen LogP contribution in [-0.2, 0) is 5.41 Å². The zero-order valence-corrected chi connectivity index (χ0v) is 19.2. The molecule has 3 aromatic rings. The van der Waals surface area contributed by atoms with Crippen molar-refractivity contribution in [2.75, 3.05) is 0 Å². The molecule has 0 fully saturated rings. The molecule has 3 aromatic carbocycles. The Kier molecular flexibility index (Phi) is 5.69. The molecule has 4 rings (SSSR count). The molecular weight excluding hydrogens is 412 g/mol. The van der Waals surface area contributed by atoms with Gasteiger partial charge in [-0.25, -0.2) is 4.79 Å². The molecule has 1 heterocycles. The predicted molar refractivity (Wildman–Crippen MR) is 127 cm³/mol. The molecule has 5 heteroatoms. The van der Waals surface area contributed by atoms with Crippen LogP contribution in [0.2, 0.25) is 0 Å². The topological polar surface area (TPSA) is 85.3 Å². The Bertz CT molecular complexity index is 1270. The summed E-state index contributed by atoms with van der Waals surface area (Å²) < 4.78 is 11.3. The van der Waals surface area contributed by atoms with E-state index in [4.69, 9.17) is 15.2 Å². The molecule has 0 saturated carbocycles. The largest absolute Gasteiger partial charge is 0.440 e. The number of nitriles is 1. The van der Waals surface area contributed by atoms with E-state index in [0.29, 0.717) is 22.6 Å². The fourth-order valence-electron chi connectivity index (χ4n) is 3.87. The summed E-state index contributed by atoms with van der Waals surface area (Å²) in [4.78, 5) is 12.5. The predicted octanol–water partition coefficient (Wildman–Crippen LogP) is 5.73. The SMILES string of the molecule is Cc1ccc(C(=O)Oc2ccc3c(c2)OC(N)=C(C#N)C3c2ccc(C(C)(C)C)cc2)cc1. The van der Waals surface area contributed by atoms with Gasteiger partial charge in [0.15, 0.2) is 0 Å². The standard InChI is InChI=1S/C28H26N2O3/c1-17-5-7-19(8-6-17)27(31)32-21-13-14-22-24(15-21)33-26(30)23(16-29)25(22)18-9-11-20(12-10-18)28(2,3)4/h5-15,25H,30H2,1-4H3. The van der Waals surface area contributed by atoms with E-state index < -0.39 is 5.97 Å². The molecule has 0 spiro atoms. The Labute approximate surface area is 194 Å². The van der Waals surface area contributed by atoms with Crippen molar-refractivity contribution in [2.24, 2.45) is 5.73 Å². The lowest BCUT2D eigenvalue weighted by Crippen LogP contribution is -2.21. The average Bonchev–Trinajstić information content (AvgIpc) is 2.78. The molecule has 0 saturated heterocycles. The van der Waals surface area contributed by atoms with Crippen LogP contribution < -0.4 is 15.2 Å². The number of hydrogen-bond acceptors (Lipinski definition) is 5. The van der Waals surface area contributed by atoms with Crippen molar-refractivity contribution in [2.45, 2.75) is 39.0 Å². The van der Waals surface area contributed by atoms with E-state index in [0.717, 1.165) is 16.7 Å². The highest BCUT2D eigenvalue weighted by Gasteiger charge is 2.31. The van der Waals surface area contributed by atoms with Gasteiger partial charge < -0.3 is 15.2 Å². The molecule has 1 aliphatic heterocycles. The third-order valence-corrected chi connectivity index (χ3v) is 5.80. The molecule has 0 bridgehead atoms. The number of nitrogens with two attached hydrogens (primary N) is 1. The van der Waals surface area contributed by atoms with Crippen molar-refractivity contribution in [3.05, 3.63) is 106 Å². The Hall–Kier alpha value is -4.04. The molecule has 0 radical (unpaired) electrons. The summed E-state index contributed by atoms with van der Waals surface area (Å²) in [5.74, 6) is 0.0350. The van der Waals surface area contributed by atoms with Crippen molar-refractivity contribution in [1.29, 1.82) is 5.26 Å². The van der Waals surface area contributed by atoms with E-state index in [1.165, 1.54) is 5.56 Å². The zero-order valence-electron chi connectivity index (χ0n) is 19.2. The normalized spacial score (nSPS) is 15.3. The molecule has 1 atom stereocenters. The molecule has 0 aliphatic carbocycles. The monoisotopic (exact) mass is 438 g/mol. The van der Waals surface area contributed by atoms with Gasteiger partial charge in [-0.2, -0.15) is 5.26 Å². The second kappa shape index (κ2) is 8.48. The maximum Gasteiger partial charge on any atom is 0.343 e. The number of hydrogen-bond donors (Lipinski definition) is 1. The van der Waals surface area contributed by atoms with Crippen molar-refractivity contribution in [3.63, 3.8) is 0 Å². The number of ether oxygens (including phenoxy) is 2. The molecule has 1 unspecified atom stereocenters. The van der Waals surface area contributed by atoms with Gasteiger partial charge in [0.25, 0.3) is 0 Å². The molecule has 33 heavy (non-hydrogen) atoms. The highest BCUT2D eigenvalue weighted by atomic mass is 16.5. The van der Waals surface area contributed by atoms with E-state index >= 15 is 0 Å². The smallest absolute Gasteiger partial charge is 0.343 e. The van der Waals surface area contributed by atoms with Crippen LogP contribution in [0.3, 0.4) is 0 Å². The highest BCUT2D eigenvalue weighted by molar-refractivity contribution is 5.91. The van der Waals surface area contributed by atoms with Gasteiger partial charge in [-0.3, -0.25) is 0 Å². The van der Waals surface area contributed by atoms with Crippen molar-refractivity contribution < 1.29 is 14.3 Å². The first-order chi connectivity index (χ1) is 15.7. The molecule has 0 aromatic heterocycles. The number of carbonyl (C=O) groups excluding carboxylic acids is 1. The number of benzene rings is 3. The van der Waals surface area contributed by atoms with Crippen LogP contribution in [0.4, 0.5) is 0 Å². The molecule has 1 aliphatic rings. The van der Waals surface area contributed by atoms with E-state index in [9.17, 15) is 10.1 Å². The van der Waals surface area contributed by atoms with Crippen molar-refractivity contribution in [1.82, 2.24) is 0 Å². The van der Waals surface area contributed by atoms with Gasteiger partial charge in [0, 0.05) is 11.6 Å². The van der Waals surface area contributed by atoms with Crippen LogP contribution >= 0.6 is 0 Å². The minimum Gasteiger partial charge on any atom is -0.440 e. The zero-order chi connectivity index (χ0) is 23.8. The van der Waals surface area contributed by atoms with E-state index in [1.807, 2.05) is 37.3 Å². The van der Waals surface area contributed by atoms with Crippen LogP contribution in [0.5, 0.6) is 11.5 Å². The second-order valence-corrected chi connectivity index (χ2v) is 9.25. The van der Waals surface area contributed by atoms with Crippen molar-refractivity contribution >= 4 is 5.97 Å². The van der Waals surface area contributed by atoms with Gasteiger partial charge in [0.05, 0.1) is 11.5 Å². The number of nitrogens with zero attached hydrogens (tertiary/aromatic N) is 1. The van der Waals surface area contributed by atoms with Crippen molar-refractivity contribution in [3.8, 4) is 17.6 Å². The molecular formula is C28H26N2O3. The third kappa shape index (κ3) is 4.47. The first kappa shape index (κ1) is 22.2. The van der Waals surface area contributed by atoms with Crippen LogP contribution in [0.15, 0.2) is 78.2 Å². The summed E-state index contributed by atoms with van der Waals surface area (Å²) in [6.45, 7) is 8.42. The van der Waals surface area contributed by atoms with E-state index in [2.05, 4.69) is 39.0 Å². The number of carbonyl (C=O) groups is 1.